The molecule has 0 amide bonds. The van der Waals surface area contributed by atoms with Gasteiger partial charge in [0, 0.05) is 24.5 Å². The molecule has 0 spiro atoms. The normalized spacial score (nSPS) is 15.6. The van der Waals surface area contributed by atoms with Gasteiger partial charge >= 0.3 is 5.97 Å². The molecule has 0 aliphatic carbocycles. The molecule has 0 aromatic heterocycles. The van der Waals surface area contributed by atoms with E-state index in [1.165, 1.54) is 14.0 Å². The lowest BCUT2D eigenvalue weighted by Crippen LogP contribution is -2.62. The molecule has 7 nitrogen and oxygen atoms in total. The first-order chi connectivity index (χ1) is 13.9. The summed E-state index contributed by atoms with van der Waals surface area (Å²) < 4.78 is 15.5. The number of ether oxygens (including phenoxy) is 3. The molecular weight excluding hydrogens is 372 g/mol. The van der Waals surface area contributed by atoms with Crippen molar-refractivity contribution in [2.45, 2.75) is 6.92 Å². The molecule has 0 N–H and O–H groups in total. The number of hydrogen-bond donors (Lipinski definition) is 0. The minimum atomic E-state index is -1.28. The van der Waals surface area contributed by atoms with Gasteiger partial charge in [-0.05, 0) is 55.5 Å². The van der Waals surface area contributed by atoms with Crippen molar-refractivity contribution < 1.29 is 23.8 Å². The fourth-order valence-corrected chi connectivity index (χ4v) is 3.63. The summed E-state index contributed by atoms with van der Waals surface area (Å²) in [5, 5.41) is 0. The lowest BCUT2D eigenvalue weighted by molar-refractivity contribution is -0.156. The molecule has 2 aromatic rings. The van der Waals surface area contributed by atoms with Crippen LogP contribution in [0.2, 0.25) is 0 Å². The van der Waals surface area contributed by atoms with E-state index >= 15 is 0 Å². The summed E-state index contributed by atoms with van der Waals surface area (Å²) in [6.07, 6.45) is 0. The van der Waals surface area contributed by atoms with Gasteiger partial charge in [-0.3, -0.25) is 9.59 Å². The lowest BCUT2D eigenvalue weighted by atomic mass is 9.81. The molecule has 2 aromatic carbocycles. The van der Waals surface area contributed by atoms with E-state index in [1.54, 1.807) is 14.2 Å². The molecule has 3 rings (SSSR count). The first kappa shape index (κ1) is 20.5. The quantitative estimate of drug-likeness (QED) is 0.547. The maximum absolute atomic E-state index is 12.7. The summed E-state index contributed by atoms with van der Waals surface area (Å²) in [6.45, 7) is 2.45. The largest absolute Gasteiger partial charge is 0.497 e. The van der Waals surface area contributed by atoms with Gasteiger partial charge in [0.2, 0.25) is 0 Å². The molecule has 1 saturated heterocycles. The van der Waals surface area contributed by atoms with Crippen molar-refractivity contribution >= 4 is 23.1 Å². The van der Waals surface area contributed by atoms with Gasteiger partial charge in [0.25, 0.3) is 0 Å². The third-order valence-electron chi connectivity index (χ3n) is 5.39. The second-order valence-electron chi connectivity index (χ2n) is 7.06. The van der Waals surface area contributed by atoms with Gasteiger partial charge in [0.05, 0.1) is 28.0 Å². The lowest BCUT2D eigenvalue weighted by Gasteiger charge is -2.46. The van der Waals surface area contributed by atoms with Gasteiger partial charge in [-0.1, -0.05) is 0 Å². The number of ketones is 1. The topological polar surface area (TPSA) is 68.3 Å². The van der Waals surface area contributed by atoms with Crippen molar-refractivity contribution in [1.29, 1.82) is 0 Å². The predicted octanol–water partition coefficient (Wildman–Crippen LogP) is 2.74. The Hall–Kier alpha value is -3.22. The average Bonchev–Trinajstić information content (AvgIpc) is 2.78. The third-order valence-corrected chi connectivity index (χ3v) is 5.39. The maximum atomic E-state index is 12.7. The van der Waals surface area contributed by atoms with E-state index < -0.39 is 11.4 Å². The Labute approximate surface area is 170 Å². The highest BCUT2D eigenvalue weighted by molar-refractivity contribution is 6.04. The zero-order valence-electron chi connectivity index (χ0n) is 17.2. The minimum Gasteiger partial charge on any atom is -0.497 e. The Bertz CT molecular complexity index is 808. The van der Waals surface area contributed by atoms with E-state index in [1.807, 2.05) is 58.3 Å². The Kier molecular flexibility index (Phi) is 5.96. The van der Waals surface area contributed by atoms with E-state index in [9.17, 15) is 9.59 Å². The average molecular weight is 398 g/mol. The fourth-order valence-electron chi connectivity index (χ4n) is 3.63. The van der Waals surface area contributed by atoms with Crippen molar-refractivity contribution in [3.05, 3.63) is 48.5 Å². The van der Waals surface area contributed by atoms with Crippen molar-refractivity contribution in [3.8, 4) is 11.5 Å². The number of hydrogen-bond acceptors (Lipinski definition) is 7. The first-order valence-electron chi connectivity index (χ1n) is 9.31. The van der Waals surface area contributed by atoms with Crippen LogP contribution in [-0.4, -0.2) is 52.8 Å². The van der Waals surface area contributed by atoms with Crippen molar-refractivity contribution in [2.75, 3.05) is 50.9 Å². The number of rotatable bonds is 6. The highest BCUT2D eigenvalue weighted by atomic mass is 16.5. The summed E-state index contributed by atoms with van der Waals surface area (Å²) in [6, 6.07) is 15.1. The van der Waals surface area contributed by atoms with Crippen LogP contribution in [-0.2, 0) is 14.3 Å². The van der Waals surface area contributed by atoms with Crippen LogP contribution in [0.1, 0.15) is 6.92 Å². The summed E-state index contributed by atoms with van der Waals surface area (Å²) in [7, 11) is 4.54. The minimum absolute atomic E-state index is 0.221. The molecule has 7 heteroatoms. The van der Waals surface area contributed by atoms with E-state index in [2.05, 4.69) is 0 Å². The first-order valence-corrected chi connectivity index (χ1v) is 9.31. The van der Waals surface area contributed by atoms with E-state index in [0.717, 1.165) is 22.9 Å². The van der Waals surface area contributed by atoms with Gasteiger partial charge in [0.1, 0.15) is 11.5 Å². The standard InChI is InChI=1S/C22H26N2O5/c1-16(25)22(21(26)29-4)13-23(17-5-9-19(27-2)10-6-17)15-24(14-22)18-7-11-20(28-3)12-8-18/h5-12H,13-15H2,1-4H3. The Morgan fingerprint density at radius 2 is 1.21 bits per heavy atom. The second-order valence-corrected chi connectivity index (χ2v) is 7.06. The SMILES string of the molecule is COC(=O)C1(C(C)=O)CN(c2ccc(OC)cc2)CN(c2ccc(OC)cc2)C1. The van der Waals surface area contributed by atoms with Gasteiger partial charge in [-0.2, -0.15) is 0 Å². The smallest absolute Gasteiger partial charge is 0.323 e. The number of nitrogens with zero attached hydrogens (tertiary/aromatic N) is 2. The van der Waals surface area contributed by atoms with Crippen LogP contribution in [0.5, 0.6) is 11.5 Å². The molecule has 0 atom stereocenters. The number of esters is 1. The Morgan fingerprint density at radius 1 is 0.793 bits per heavy atom. The summed E-state index contributed by atoms with van der Waals surface area (Å²) in [4.78, 5) is 29.4. The van der Waals surface area contributed by atoms with Crippen LogP contribution in [0.15, 0.2) is 48.5 Å². The van der Waals surface area contributed by atoms with E-state index in [-0.39, 0.29) is 18.9 Å². The monoisotopic (exact) mass is 398 g/mol. The van der Waals surface area contributed by atoms with Gasteiger partial charge < -0.3 is 24.0 Å². The van der Waals surface area contributed by atoms with Crippen LogP contribution in [0.25, 0.3) is 0 Å². The molecule has 0 radical (unpaired) electrons. The summed E-state index contributed by atoms with van der Waals surface area (Å²) >= 11 is 0. The number of carbonyl (C=O) groups is 2. The Balaban J connectivity index is 2.01. The number of benzene rings is 2. The second kappa shape index (κ2) is 8.43. The molecular formula is C22H26N2O5. The number of Topliss-reactive ketones (excluding diaryl/α,β-unsaturated/α-hetero) is 1. The summed E-state index contributed by atoms with van der Waals surface area (Å²) in [5.41, 5.74) is 0.490. The van der Waals surface area contributed by atoms with Crippen molar-refractivity contribution in [1.82, 2.24) is 0 Å². The number of carbonyl (C=O) groups excluding carboxylic acids is 2. The van der Waals surface area contributed by atoms with Crippen LogP contribution in [0.4, 0.5) is 11.4 Å². The number of anilines is 2. The van der Waals surface area contributed by atoms with Crippen LogP contribution in [0, 0.1) is 5.41 Å². The summed E-state index contributed by atoms with van der Waals surface area (Å²) in [5.74, 6) is 0.731. The van der Waals surface area contributed by atoms with Gasteiger partial charge in [-0.25, -0.2) is 0 Å². The molecule has 1 aliphatic heterocycles. The third kappa shape index (κ3) is 3.99. The maximum Gasteiger partial charge on any atom is 0.323 e. The fraction of sp³-hybridized carbons (Fsp3) is 0.364. The number of methoxy groups -OCH3 is 3. The van der Waals surface area contributed by atoms with E-state index in [0.29, 0.717) is 6.67 Å². The molecule has 1 fully saturated rings. The molecule has 1 heterocycles. The van der Waals surface area contributed by atoms with Crippen molar-refractivity contribution in [2.24, 2.45) is 5.41 Å². The highest BCUT2D eigenvalue weighted by Crippen LogP contribution is 2.35. The van der Waals surface area contributed by atoms with Crippen molar-refractivity contribution in [3.63, 3.8) is 0 Å². The zero-order chi connectivity index (χ0) is 21.0. The van der Waals surface area contributed by atoms with Gasteiger partial charge in [-0.15, -0.1) is 0 Å². The molecule has 154 valence electrons. The van der Waals surface area contributed by atoms with Gasteiger partial charge in [0.15, 0.2) is 11.2 Å². The van der Waals surface area contributed by atoms with Crippen LogP contribution >= 0.6 is 0 Å². The van der Waals surface area contributed by atoms with Crippen LogP contribution in [0.3, 0.4) is 0 Å². The molecule has 1 aliphatic rings. The Morgan fingerprint density at radius 3 is 1.52 bits per heavy atom. The predicted molar refractivity (Wildman–Crippen MR) is 111 cm³/mol. The van der Waals surface area contributed by atoms with Crippen LogP contribution < -0.4 is 19.3 Å². The molecule has 0 saturated carbocycles. The highest BCUT2D eigenvalue weighted by Gasteiger charge is 2.50. The molecule has 0 bridgehead atoms. The zero-order valence-corrected chi connectivity index (χ0v) is 17.2. The molecule has 29 heavy (non-hydrogen) atoms. The van der Waals surface area contributed by atoms with E-state index in [4.69, 9.17) is 14.2 Å². The molecule has 0 unspecified atom stereocenters.